The topological polar surface area (TPSA) is 38.5 Å². The van der Waals surface area contributed by atoms with Crippen LogP contribution in [0, 0.1) is 0 Å². The lowest BCUT2D eigenvalue weighted by atomic mass is 10.0. The van der Waals surface area contributed by atoms with Crippen molar-refractivity contribution in [3.63, 3.8) is 0 Å². The number of ether oxygens (including phenoxy) is 1. The Morgan fingerprint density at radius 2 is 1.89 bits per heavy atom. The molecule has 1 unspecified atom stereocenters. The van der Waals surface area contributed by atoms with Crippen LogP contribution in [0.4, 0.5) is 0 Å². The molecule has 1 rings (SSSR count). The van der Waals surface area contributed by atoms with E-state index in [9.17, 15) is 0 Å². The third kappa shape index (κ3) is 6.71. The highest BCUT2D eigenvalue weighted by molar-refractivity contribution is 5.14. The number of hydrogen-bond acceptors (Lipinski definition) is 3. The number of nitrogens with two attached hydrogens (primary N) is 1. The normalized spacial score (nSPS) is 13.2. The molecule has 0 aromatic heterocycles. The number of hydrogen-bond donors (Lipinski definition) is 1. The predicted molar refractivity (Wildman–Crippen MR) is 81.3 cm³/mol. The monoisotopic (exact) mass is 264 g/mol. The van der Waals surface area contributed by atoms with Crippen LogP contribution in [0.25, 0.3) is 0 Å². The van der Waals surface area contributed by atoms with Gasteiger partial charge in [-0.25, -0.2) is 0 Å². The summed E-state index contributed by atoms with van der Waals surface area (Å²) in [6, 6.07) is 11.0. The third-order valence-electron chi connectivity index (χ3n) is 3.40. The van der Waals surface area contributed by atoms with Gasteiger partial charge >= 0.3 is 0 Å². The first kappa shape index (κ1) is 16.2. The van der Waals surface area contributed by atoms with Gasteiger partial charge in [-0.2, -0.15) is 0 Å². The molecule has 0 aliphatic carbocycles. The maximum Gasteiger partial charge on any atom is 0.0596 e. The highest BCUT2D eigenvalue weighted by Gasteiger charge is 2.12. The van der Waals surface area contributed by atoms with Gasteiger partial charge in [-0.1, -0.05) is 30.3 Å². The second-order valence-corrected chi connectivity index (χ2v) is 5.31. The molecule has 2 N–H and O–H groups in total. The minimum atomic E-state index is 0.300. The highest BCUT2D eigenvalue weighted by Crippen LogP contribution is 2.08. The first-order chi connectivity index (χ1) is 9.13. The molecule has 0 radical (unpaired) electrons. The molecule has 0 aliphatic heterocycles. The number of rotatable bonds is 9. The number of aryl methyl sites for hydroxylation is 1. The van der Waals surface area contributed by atoms with Gasteiger partial charge in [-0.05, 0) is 39.3 Å². The van der Waals surface area contributed by atoms with E-state index in [2.05, 4.69) is 56.1 Å². The number of benzene rings is 1. The number of nitrogens with zero attached hydrogens (tertiary/aromatic N) is 1. The summed E-state index contributed by atoms with van der Waals surface area (Å²) in [6.07, 6.45) is 2.48. The fraction of sp³-hybridized carbons (Fsp3) is 0.625. The van der Waals surface area contributed by atoms with Gasteiger partial charge in [-0.3, -0.25) is 4.90 Å². The lowest BCUT2D eigenvalue weighted by Crippen LogP contribution is -2.40. The van der Waals surface area contributed by atoms with Crippen molar-refractivity contribution in [3.05, 3.63) is 35.9 Å². The molecule has 3 nitrogen and oxygen atoms in total. The Kier molecular flexibility index (Phi) is 7.72. The van der Waals surface area contributed by atoms with E-state index in [1.165, 1.54) is 5.56 Å². The van der Waals surface area contributed by atoms with Gasteiger partial charge in [0, 0.05) is 19.1 Å². The largest absolute Gasteiger partial charge is 0.377 e. The fourth-order valence-corrected chi connectivity index (χ4v) is 2.11. The summed E-state index contributed by atoms with van der Waals surface area (Å²) in [7, 11) is 2.13. The maximum atomic E-state index is 5.89. The van der Waals surface area contributed by atoms with Gasteiger partial charge in [0.05, 0.1) is 12.7 Å². The molecule has 0 aliphatic rings. The quantitative estimate of drug-likeness (QED) is 0.744. The molecule has 108 valence electrons. The fourth-order valence-electron chi connectivity index (χ4n) is 2.11. The Morgan fingerprint density at radius 3 is 2.47 bits per heavy atom. The average Bonchev–Trinajstić information content (AvgIpc) is 2.40. The van der Waals surface area contributed by atoms with Crippen molar-refractivity contribution in [1.82, 2.24) is 4.90 Å². The van der Waals surface area contributed by atoms with E-state index in [1.807, 2.05) is 0 Å². The Labute approximate surface area is 117 Å². The smallest absolute Gasteiger partial charge is 0.0596 e. The predicted octanol–water partition coefficient (Wildman–Crippen LogP) is 2.30. The van der Waals surface area contributed by atoms with E-state index in [0.717, 1.165) is 26.0 Å². The van der Waals surface area contributed by atoms with Crippen molar-refractivity contribution in [2.24, 2.45) is 5.73 Å². The summed E-state index contributed by atoms with van der Waals surface area (Å²) in [4.78, 5) is 2.31. The van der Waals surface area contributed by atoms with Gasteiger partial charge in [0.25, 0.3) is 0 Å². The Bertz CT molecular complexity index is 327. The molecular formula is C16H28N2O. The summed E-state index contributed by atoms with van der Waals surface area (Å²) in [5.41, 5.74) is 7.27. The molecule has 3 heteroatoms. The first-order valence-electron chi connectivity index (χ1n) is 7.19. The van der Waals surface area contributed by atoms with Crippen LogP contribution in [-0.2, 0) is 11.2 Å². The van der Waals surface area contributed by atoms with Crippen LogP contribution in [0.5, 0.6) is 0 Å². The Balaban J connectivity index is 2.31. The molecule has 1 aromatic rings. The van der Waals surface area contributed by atoms with Gasteiger partial charge < -0.3 is 10.5 Å². The van der Waals surface area contributed by atoms with Gasteiger partial charge in [0.15, 0.2) is 0 Å². The molecule has 0 bridgehead atoms. The van der Waals surface area contributed by atoms with Crippen molar-refractivity contribution in [3.8, 4) is 0 Å². The molecule has 0 heterocycles. The van der Waals surface area contributed by atoms with E-state index in [4.69, 9.17) is 10.5 Å². The zero-order valence-corrected chi connectivity index (χ0v) is 12.5. The van der Waals surface area contributed by atoms with Crippen molar-refractivity contribution in [2.75, 3.05) is 26.7 Å². The third-order valence-corrected chi connectivity index (χ3v) is 3.40. The second kappa shape index (κ2) is 9.08. The lowest BCUT2D eigenvalue weighted by molar-refractivity contribution is 0.0557. The molecule has 19 heavy (non-hydrogen) atoms. The summed E-state index contributed by atoms with van der Waals surface area (Å²) >= 11 is 0. The van der Waals surface area contributed by atoms with Crippen LogP contribution in [0.3, 0.4) is 0 Å². The molecule has 0 saturated carbocycles. The number of likely N-dealkylation sites (N-methyl/N-ethyl adjacent to an activating group) is 1. The zero-order chi connectivity index (χ0) is 14.1. The maximum absolute atomic E-state index is 5.89. The van der Waals surface area contributed by atoms with Crippen molar-refractivity contribution in [1.29, 1.82) is 0 Å². The van der Waals surface area contributed by atoms with Crippen LogP contribution < -0.4 is 5.73 Å². The molecule has 0 fully saturated rings. The van der Waals surface area contributed by atoms with Crippen molar-refractivity contribution >= 4 is 0 Å². The molecule has 1 aromatic carbocycles. The summed E-state index contributed by atoms with van der Waals surface area (Å²) in [5, 5.41) is 0. The van der Waals surface area contributed by atoms with Crippen LogP contribution in [0.15, 0.2) is 30.3 Å². The minimum absolute atomic E-state index is 0.300. The molecule has 1 atom stereocenters. The Morgan fingerprint density at radius 1 is 1.21 bits per heavy atom. The van der Waals surface area contributed by atoms with E-state index < -0.39 is 0 Å². The molecular weight excluding hydrogens is 236 g/mol. The van der Waals surface area contributed by atoms with Crippen LogP contribution >= 0.6 is 0 Å². The zero-order valence-electron chi connectivity index (χ0n) is 12.5. The second-order valence-electron chi connectivity index (χ2n) is 5.31. The average molecular weight is 264 g/mol. The van der Waals surface area contributed by atoms with E-state index in [0.29, 0.717) is 18.7 Å². The standard InChI is InChI=1S/C16H28N2O/c1-14(2)19-12-11-18(3)16(13-17)10-9-15-7-5-4-6-8-15/h4-8,14,16H,9-13,17H2,1-3H3. The molecule has 0 spiro atoms. The van der Waals surface area contributed by atoms with Crippen molar-refractivity contribution < 1.29 is 4.74 Å². The summed E-state index contributed by atoms with van der Waals surface area (Å²) in [5.74, 6) is 0. The van der Waals surface area contributed by atoms with Gasteiger partial charge in [0.2, 0.25) is 0 Å². The molecule has 0 amide bonds. The Hall–Kier alpha value is -0.900. The van der Waals surface area contributed by atoms with Gasteiger partial charge in [0.1, 0.15) is 0 Å². The van der Waals surface area contributed by atoms with Gasteiger partial charge in [-0.15, -0.1) is 0 Å². The van der Waals surface area contributed by atoms with E-state index in [1.54, 1.807) is 0 Å². The van der Waals surface area contributed by atoms with Crippen LogP contribution in [-0.4, -0.2) is 43.8 Å². The highest BCUT2D eigenvalue weighted by atomic mass is 16.5. The minimum Gasteiger partial charge on any atom is -0.377 e. The summed E-state index contributed by atoms with van der Waals surface area (Å²) in [6.45, 7) is 6.54. The lowest BCUT2D eigenvalue weighted by Gasteiger charge is -2.27. The van der Waals surface area contributed by atoms with Crippen LogP contribution in [0.1, 0.15) is 25.8 Å². The van der Waals surface area contributed by atoms with E-state index >= 15 is 0 Å². The molecule has 0 saturated heterocycles. The van der Waals surface area contributed by atoms with Crippen LogP contribution in [0.2, 0.25) is 0 Å². The van der Waals surface area contributed by atoms with Crippen molar-refractivity contribution in [2.45, 2.75) is 38.8 Å². The summed E-state index contributed by atoms with van der Waals surface area (Å²) < 4.78 is 5.59. The first-order valence-corrected chi connectivity index (χ1v) is 7.19. The SMILES string of the molecule is CC(C)OCCN(C)C(CN)CCc1ccccc1. The van der Waals surface area contributed by atoms with E-state index in [-0.39, 0.29) is 0 Å².